The van der Waals surface area contributed by atoms with Crippen LogP contribution < -0.4 is 4.74 Å². The molecular formula is C21H24FNO4. The maximum absolute atomic E-state index is 14.9. The van der Waals surface area contributed by atoms with Crippen molar-refractivity contribution in [2.45, 2.75) is 50.2 Å². The number of halogens is 1. The number of likely N-dealkylation sites (tertiary alicyclic amines) is 1. The Bertz CT molecular complexity index is 831. The van der Waals surface area contributed by atoms with Gasteiger partial charge in [0.1, 0.15) is 23.0 Å². The zero-order valence-corrected chi connectivity index (χ0v) is 16.1. The van der Waals surface area contributed by atoms with Gasteiger partial charge >= 0.3 is 0 Å². The second-order valence-corrected chi connectivity index (χ2v) is 7.11. The number of rotatable bonds is 3. The van der Waals surface area contributed by atoms with Crippen LogP contribution in [0.25, 0.3) is 0 Å². The number of likely N-dealkylation sites (N-methyl/N-ethyl adjacent to an activating group) is 1. The normalized spacial score (nSPS) is 27.7. The Hall–Kier alpha value is -2.39. The molecule has 1 heterocycles. The van der Waals surface area contributed by atoms with Crippen LogP contribution in [-0.4, -0.2) is 49.5 Å². The highest BCUT2D eigenvalue weighted by Crippen LogP contribution is 2.47. The minimum absolute atomic E-state index is 0.00624. The van der Waals surface area contributed by atoms with Crippen molar-refractivity contribution in [3.8, 4) is 17.6 Å². The lowest BCUT2D eigenvalue weighted by molar-refractivity contribution is -0.134. The Kier molecular flexibility index (Phi) is 5.25. The maximum atomic E-state index is 14.9. The first-order chi connectivity index (χ1) is 12.9. The van der Waals surface area contributed by atoms with Crippen LogP contribution >= 0.6 is 0 Å². The Morgan fingerprint density at radius 2 is 1.89 bits per heavy atom. The van der Waals surface area contributed by atoms with Crippen LogP contribution in [0.15, 0.2) is 12.1 Å². The monoisotopic (exact) mass is 373 g/mol. The van der Waals surface area contributed by atoms with Crippen molar-refractivity contribution < 1.29 is 23.5 Å². The van der Waals surface area contributed by atoms with E-state index >= 15 is 0 Å². The number of hydrogen-bond acceptors (Lipinski definition) is 4. The zero-order valence-electron chi connectivity index (χ0n) is 16.1. The molecule has 2 fully saturated rings. The molecule has 5 nitrogen and oxygen atoms in total. The average molecular weight is 373 g/mol. The zero-order chi connectivity index (χ0) is 19.8. The van der Waals surface area contributed by atoms with Crippen LogP contribution in [0, 0.1) is 17.7 Å². The van der Waals surface area contributed by atoms with Crippen molar-refractivity contribution in [1.82, 2.24) is 4.90 Å². The summed E-state index contributed by atoms with van der Waals surface area (Å²) in [5, 5.41) is 0. The van der Waals surface area contributed by atoms with Crippen LogP contribution in [0.2, 0.25) is 0 Å². The highest BCUT2D eigenvalue weighted by molar-refractivity contribution is 6.17. The third-order valence-corrected chi connectivity index (χ3v) is 5.90. The molecule has 1 amide bonds. The third kappa shape index (κ3) is 3.00. The van der Waals surface area contributed by atoms with Gasteiger partial charge in [0.25, 0.3) is 0 Å². The number of ketones is 1. The summed E-state index contributed by atoms with van der Waals surface area (Å²) in [5.74, 6) is 3.19. The lowest BCUT2D eigenvalue weighted by atomic mass is 9.75. The third-order valence-electron chi connectivity index (χ3n) is 5.90. The first kappa shape index (κ1) is 19.4. The summed E-state index contributed by atoms with van der Waals surface area (Å²) in [6.07, 6.45) is 2.51. The molecular weight excluding hydrogens is 349 g/mol. The number of Topliss-reactive ketones (excluding diaryl/α,β-unsaturated/α-hetero) is 1. The van der Waals surface area contributed by atoms with Gasteiger partial charge in [0.2, 0.25) is 5.91 Å². The number of nitrogens with zero attached hydrogens (tertiary/aromatic N) is 1. The summed E-state index contributed by atoms with van der Waals surface area (Å²) in [5.41, 5.74) is -0.445. The lowest BCUT2D eigenvalue weighted by Crippen LogP contribution is -2.51. The van der Waals surface area contributed by atoms with Gasteiger partial charge in [-0.05, 0) is 44.7 Å². The molecule has 1 aromatic carbocycles. The molecule has 27 heavy (non-hydrogen) atoms. The largest absolute Gasteiger partial charge is 0.496 e. The molecule has 1 aliphatic carbocycles. The second-order valence-electron chi connectivity index (χ2n) is 7.11. The smallest absolute Gasteiger partial charge is 0.238 e. The number of carbonyl (C=O) groups is 2. The molecule has 0 N–H and O–H groups in total. The van der Waals surface area contributed by atoms with E-state index in [2.05, 4.69) is 11.8 Å². The Morgan fingerprint density at radius 1 is 1.22 bits per heavy atom. The van der Waals surface area contributed by atoms with Crippen LogP contribution in [-0.2, 0) is 14.3 Å². The molecule has 1 spiro atoms. The molecule has 0 bridgehead atoms. The van der Waals surface area contributed by atoms with Crippen LogP contribution in [0.5, 0.6) is 5.75 Å². The fraction of sp³-hybridized carbons (Fsp3) is 0.524. The van der Waals surface area contributed by atoms with E-state index in [4.69, 9.17) is 9.47 Å². The molecule has 6 heteroatoms. The number of methoxy groups -OCH3 is 2. The van der Waals surface area contributed by atoms with Crippen molar-refractivity contribution >= 4 is 11.7 Å². The van der Waals surface area contributed by atoms with Gasteiger partial charge in [0, 0.05) is 25.3 Å². The van der Waals surface area contributed by atoms with E-state index in [-0.39, 0.29) is 29.1 Å². The Labute approximate surface area is 158 Å². The number of benzene rings is 1. The maximum Gasteiger partial charge on any atom is 0.238 e. The molecule has 1 aliphatic heterocycles. The predicted octanol–water partition coefficient (Wildman–Crippen LogP) is 2.66. The van der Waals surface area contributed by atoms with Crippen LogP contribution in [0.4, 0.5) is 4.39 Å². The SMILES string of the molecule is CC#Cc1cc(F)c(C2C(=O)N(C)C3(CCC(OC)CC3)C2=O)c(OC)c1. The lowest BCUT2D eigenvalue weighted by Gasteiger charge is -2.40. The molecule has 144 valence electrons. The summed E-state index contributed by atoms with van der Waals surface area (Å²) in [4.78, 5) is 27.9. The van der Waals surface area contributed by atoms with Crippen LogP contribution in [0.3, 0.4) is 0 Å². The quantitative estimate of drug-likeness (QED) is 0.604. The van der Waals surface area contributed by atoms with E-state index in [1.165, 1.54) is 18.1 Å². The minimum atomic E-state index is -1.19. The number of amides is 1. The van der Waals surface area contributed by atoms with E-state index in [0.29, 0.717) is 31.2 Å². The van der Waals surface area contributed by atoms with Gasteiger partial charge in [-0.2, -0.15) is 0 Å². The highest BCUT2D eigenvalue weighted by Gasteiger charge is 2.59. The van der Waals surface area contributed by atoms with Gasteiger partial charge in [-0.25, -0.2) is 4.39 Å². The first-order valence-corrected chi connectivity index (χ1v) is 9.04. The van der Waals surface area contributed by atoms with E-state index in [9.17, 15) is 14.0 Å². The van der Waals surface area contributed by atoms with Crippen molar-refractivity contribution in [1.29, 1.82) is 0 Å². The van der Waals surface area contributed by atoms with Gasteiger partial charge in [-0.1, -0.05) is 5.92 Å². The first-order valence-electron chi connectivity index (χ1n) is 9.04. The van der Waals surface area contributed by atoms with Gasteiger partial charge in [-0.3, -0.25) is 9.59 Å². The van der Waals surface area contributed by atoms with E-state index < -0.39 is 17.3 Å². The minimum Gasteiger partial charge on any atom is -0.496 e. The summed E-state index contributed by atoms with van der Waals surface area (Å²) < 4.78 is 25.6. The molecule has 0 aromatic heterocycles. The molecule has 1 unspecified atom stereocenters. The van der Waals surface area contributed by atoms with Gasteiger partial charge in [0.15, 0.2) is 5.78 Å². The van der Waals surface area contributed by atoms with Gasteiger partial charge in [0.05, 0.1) is 13.2 Å². The molecule has 1 saturated heterocycles. The molecule has 2 aliphatic rings. The van der Waals surface area contributed by atoms with Crippen molar-refractivity contribution in [3.05, 3.63) is 29.1 Å². The van der Waals surface area contributed by atoms with Gasteiger partial charge in [-0.15, -0.1) is 5.92 Å². The molecule has 1 aromatic rings. The van der Waals surface area contributed by atoms with Crippen molar-refractivity contribution in [2.24, 2.45) is 0 Å². The Balaban J connectivity index is 2.04. The topological polar surface area (TPSA) is 55.8 Å². The fourth-order valence-electron chi connectivity index (χ4n) is 4.35. The van der Waals surface area contributed by atoms with E-state index in [1.807, 2.05) is 0 Å². The molecule has 0 radical (unpaired) electrons. The molecule has 3 rings (SSSR count). The van der Waals surface area contributed by atoms with Crippen molar-refractivity contribution in [2.75, 3.05) is 21.3 Å². The number of carbonyl (C=O) groups excluding carboxylic acids is 2. The predicted molar refractivity (Wildman–Crippen MR) is 98.0 cm³/mol. The molecule has 1 saturated carbocycles. The Morgan fingerprint density at radius 3 is 2.44 bits per heavy atom. The van der Waals surface area contributed by atoms with Crippen LogP contribution in [0.1, 0.15) is 49.7 Å². The number of ether oxygens (including phenoxy) is 2. The number of hydrogen-bond donors (Lipinski definition) is 0. The summed E-state index contributed by atoms with van der Waals surface area (Å²) in [7, 11) is 4.68. The van der Waals surface area contributed by atoms with Gasteiger partial charge < -0.3 is 14.4 Å². The van der Waals surface area contributed by atoms with Crippen molar-refractivity contribution in [3.63, 3.8) is 0 Å². The summed E-state index contributed by atoms with van der Waals surface area (Å²) >= 11 is 0. The second kappa shape index (κ2) is 7.32. The average Bonchev–Trinajstić information content (AvgIpc) is 2.84. The fourth-order valence-corrected chi connectivity index (χ4v) is 4.35. The highest BCUT2D eigenvalue weighted by atomic mass is 19.1. The standard InChI is InChI=1S/C21H24FNO4/c1-5-6-13-11-15(22)17(16(12-13)27-4)18-19(24)21(23(2)20(18)25)9-7-14(26-3)8-10-21/h11-12,14,18H,7-10H2,1-4H3. The van der Waals surface area contributed by atoms with E-state index in [1.54, 1.807) is 27.1 Å². The van der Waals surface area contributed by atoms with E-state index in [0.717, 1.165) is 0 Å². The summed E-state index contributed by atoms with van der Waals surface area (Å²) in [6.45, 7) is 1.65. The molecule has 1 atom stereocenters. The summed E-state index contributed by atoms with van der Waals surface area (Å²) in [6, 6.07) is 2.82.